The third-order valence-electron chi connectivity index (χ3n) is 4.74. The summed E-state index contributed by atoms with van der Waals surface area (Å²) in [4.78, 5) is 29.2. The lowest BCUT2D eigenvalue weighted by molar-refractivity contribution is -0.113. The number of methoxy groups -OCH3 is 1. The number of carbonyl (C=O) groups excluding carboxylic acids is 2. The van der Waals surface area contributed by atoms with E-state index < -0.39 is 0 Å². The first kappa shape index (κ1) is 22.7. The molecule has 0 spiro atoms. The minimum absolute atomic E-state index is 0.168. The van der Waals surface area contributed by atoms with Crippen molar-refractivity contribution in [2.45, 2.75) is 25.2 Å². The molecule has 4 rings (SSSR count). The molecule has 0 fully saturated rings. The highest BCUT2D eigenvalue weighted by molar-refractivity contribution is 7.99. The van der Waals surface area contributed by atoms with Crippen molar-refractivity contribution in [2.75, 3.05) is 18.2 Å². The van der Waals surface area contributed by atoms with E-state index in [0.717, 1.165) is 10.2 Å². The summed E-state index contributed by atoms with van der Waals surface area (Å²) in [6.07, 6.45) is 0. The van der Waals surface area contributed by atoms with Gasteiger partial charge in [-0.25, -0.2) is 4.98 Å². The van der Waals surface area contributed by atoms with Crippen molar-refractivity contribution in [3.05, 3.63) is 59.9 Å². The number of carbonyl (C=O) groups is 2. The molecule has 2 aromatic carbocycles. The van der Waals surface area contributed by atoms with Crippen LogP contribution in [0.5, 0.6) is 5.75 Å². The third-order valence-corrected chi connectivity index (χ3v) is 6.66. The van der Waals surface area contributed by atoms with Gasteiger partial charge < -0.3 is 19.9 Å². The van der Waals surface area contributed by atoms with Crippen molar-refractivity contribution < 1.29 is 14.3 Å². The maximum Gasteiger partial charge on any atom is 0.251 e. The number of ether oxygens (including phenoxy) is 1. The van der Waals surface area contributed by atoms with Crippen LogP contribution >= 0.6 is 23.1 Å². The van der Waals surface area contributed by atoms with Gasteiger partial charge in [-0.15, -0.1) is 10.2 Å². The first-order valence-corrected chi connectivity index (χ1v) is 12.0. The lowest BCUT2D eigenvalue weighted by Gasteiger charge is -2.09. The topological polar surface area (TPSA) is 111 Å². The van der Waals surface area contributed by atoms with Crippen LogP contribution in [0.1, 0.15) is 23.1 Å². The van der Waals surface area contributed by atoms with Crippen molar-refractivity contribution in [3.8, 4) is 5.75 Å². The Bertz CT molecular complexity index is 1240. The first-order valence-electron chi connectivity index (χ1n) is 10.2. The number of hydrogen-bond acceptors (Lipinski definition) is 8. The highest BCUT2D eigenvalue weighted by atomic mass is 32.2. The quantitative estimate of drug-likeness (QED) is 0.351. The molecule has 4 aromatic rings. The summed E-state index contributed by atoms with van der Waals surface area (Å²) in [6, 6.07) is 14.6. The van der Waals surface area contributed by atoms with Gasteiger partial charge in [-0.1, -0.05) is 35.2 Å². The van der Waals surface area contributed by atoms with Gasteiger partial charge >= 0.3 is 0 Å². The Balaban J connectivity index is 1.32. The number of aromatic nitrogens is 4. The van der Waals surface area contributed by atoms with Crippen LogP contribution in [0.4, 0.5) is 5.13 Å². The molecule has 9 nitrogen and oxygen atoms in total. The van der Waals surface area contributed by atoms with E-state index in [1.165, 1.54) is 23.1 Å². The Morgan fingerprint density at radius 2 is 1.91 bits per heavy atom. The number of fused-ring (bicyclic) bond motifs is 1. The van der Waals surface area contributed by atoms with Crippen molar-refractivity contribution in [1.29, 1.82) is 0 Å². The molecule has 0 aliphatic heterocycles. The van der Waals surface area contributed by atoms with E-state index in [2.05, 4.69) is 25.8 Å². The average Bonchev–Trinajstić information content (AvgIpc) is 3.43. The molecule has 0 bridgehead atoms. The molecular formula is C22H22N6O3S2. The van der Waals surface area contributed by atoms with Crippen molar-refractivity contribution in [1.82, 2.24) is 25.1 Å². The molecule has 170 valence electrons. The van der Waals surface area contributed by atoms with E-state index in [9.17, 15) is 9.59 Å². The smallest absolute Gasteiger partial charge is 0.251 e. The van der Waals surface area contributed by atoms with E-state index in [1.54, 1.807) is 31.4 Å². The summed E-state index contributed by atoms with van der Waals surface area (Å²) >= 11 is 2.72. The predicted molar refractivity (Wildman–Crippen MR) is 129 cm³/mol. The molecule has 11 heteroatoms. The monoisotopic (exact) mass is 482 g/mol. The van der Waals surface area contributed by atoms with Crippen LogP contribution in [-0.4, -0.2) is 44.4 Å². The number of benzene rings is 2. The SMILES string of the molecule is CCn1c(CNC(=O)c2ccc(OC)cc2)nnc1SCC(=O)Nc1nc2ccccc2s1. The summed E-state index contributed by atoms with van der Waals surface area (Å²) in [6.45, 7) is 2.80. The summed E-state index contributed by atoms with van der Waals surface area (Å²) in [5.41, 5.74) is 1.39. The summed E-state index contributed by atoms with van der Waals surface area (Å²) in [7, 11) is 1.58. The minimum Gasteiger partial charge on any atom is -0.497 e. The second kappa shape index (κ2) is 10.5. The molecule has 2 aromatic heterocycles. The molecule has 0 saturated heterocycles. The van der Waals surface area contributed by atoms with Gasteiger partial charge in [0, 0.05) is 12.1 Å². The molecule has 0 aliphatic rings. The number of amides is 2. The van der Waals surface area contributed by atoms with Crippen molar-refractivity contribution in [3.63, 3.8) is 0 Å². The van der Waals surface area contributed by atoms with Crippen LogP contribution in [0.25, 0.3) is 10.2 Å². The zero-order valence-corrected chi connectivity index (χ0v) is 19.7. The molecule has 2 N–H and O–H groups in total. The third kappa shape index (κ3) is 5.49. The largest absolute Gasteiger partial charge is 0.497 e. The Labute approximate surface area is 198 Å². The van der Waals surface area contributed by atoms with E-state index in [4.69, 9.17) is 4.74 Å². The number of anilines is 1. The highest BCUT2D eigenvalue weighted by Gasteiger charge is 2.15. The second-order valence-electron chi connectivity index (χ2n) is 6.88. The van der Waals surface area contributed by atoms with Gasteiger partial charge in [0.15, 0.2) is 16.1 Å². The molecule has 0 aliphatic carbocycles. The maximum atomic E-state index is 12.4. The fourth-order valence-electron chi connectivity index (χ4n) is 3.09. The van der Waals surface area contributed by atoms with Gasteiger partial charge in [0.05, 0.1) is 29.6 Å². The normalized spacial score (nSPS) is 10.8. The van der Waals surface area contributed by atoms with E-state index in [-0.39, 0.29) is 24.1 Å². The lowest BCUT2D eigenvalue weighted by Crippen LogP contribution is -2.24. The van der Waals surface area contributed by atoms with Crippen LogP contribution in [0.15, 0.2) is 53.7 Å². The van der Waals surface area contributed by atoms with Crippen LogP contribution in [0.3, 0.4) is 0 Å². The number of hydrogen-bond donors (Lipinski definition) is 2. The summed E-state index contributed by atoms with van der Waals surface area (Å²) in [5, 5.41) is 15.3. The minimum atomic E-state index is -0.215. The van der Waals surface area contributed by atoms with Gasteiger partial charge in [-0.3, -0.25) is 9.59 Å². The van der Waals surface area contributed by atoms with Crippen LogP contribution in [-0.2, 0) is 17.9 Å². The van der Waals surface area contributed by atoms with Gasteiger partial charge in [-0.05, 0) is 43.3 Å². The Hall–Kier alpha value is -3.44. The molecule has 0 radical (unpaired) electrons. The Kier molecular flexibility index (Phi) is 7.20. The first-order chi connectivity index (χ1) is 16.1. The number of thiazole rings is 1. The molecule has 33 heavy (non-hydrogen) atoms. The standard InChI is InChI=1S/C22H22N6O3S2/c1-3-28-18(12-23-20(30)14-8-10-15(31-2)11-9-14)26-27-22(28)32-13-19(29)25-21-24-16-6-4-5-7-17(16)33-21/h4-11H,3,12-13H2,1-2H3,(H,23,30)(H,24,25,29). The number of para-hydroxylation sites is 1. The zero-order chi connectivity index (χ0) is 23.2. The van der Waals surface area contributed by atoms with Crippen molar-refractivity contribution >= 4 is 50.3 Å². The number of nitrogens with one attached hydrogen (secondary N) is 2. The molecule has 0 atom stereocenters. The molecular weight excluding hydrogens is 460 g/mol. The summed E-state index contributed by atoms with van der Waals surface area (Å²) < 4.78 is 8.01. The lowest BCUT2D eigenvalue weighted by atomic mass is 10.2. The van der Waals surface area contributed by atoms with Gasteiger partial charge in [0.2, 0.25) is 5.91 Å². The fraction of sp³-hybridized carbons (Fsp3) is 0.227. The average molecular weight is 483 g/mol. The van der Waals surface area contributed by atoms with Crippen molar-refractivity contribution in [2.24, 2.45) is 0 Å². The van der Waals surface area contributed by atoms with E-state index in [1.807, 2.05) is 35.8 Å². The summed E-state index contributed by atoms with van der Waals surface area (Å²) in [5.74, 6) is 1.10. The molecule has 2 amide bonds. The molecule has 0 unspecified atom stereocenters. The van der Waals surface area contributed by atoms with Gasteiger partial charge in [0.25, 0.3) is 5.91 Å². The Morgan fingerprint density at radius 1 is 1.12 bits per heavy atom. The van der Waals surface area contributed by atoms with Crippen LogP contribution in [0.2, 0.25) is 0 Å². The highest BCUT2D eigenvalue weighted by Crippen LogP contribution is 2.26. The van der Waals surface area contributed by atoms with Crippen LogP contribution in [0, 0.1) is 0 Å². The Morgan fingerprint density at radius 3 is 2.64 bits per heavy atom. The van der Waals surface area contributed by atoms with E-state index in [0.29, 0.717) is 34.0 Å². The number of rotatable bonds is 9. The zero-order valence-electron chi connectivity index (χ0n) is 18.1. The fourth-order valence-corrected chi connectivity index (χ4v) is 4.79. The molecule has 0 saturated carbocycles. The molecule has 2 heterocycles. The van der Waals surface area contributed by atoms with Gasteiger partial charge in [-0.2, -0.15) is 0 Å². The maximum absolute atomic E-state index is 12.4. The number of nitrogens with zero attached hydrogens (tertiary/aromatic N) is 4. The van der Waals surface area contributed by atoms with Crippen LogP contribution < -0.4 is 15.4 Å². The van der Waals surface area contributed by atoms with Gasteiger partial charge in [0.1, 0.15) is 5.75 Å². The predicted octanol–water partition coefficient (Wildman–Crippen LogP) is 3.58. The van der Waals surface area contributed by atoms with E-state index >= 15 is 0 Å². The number of thioether (sulfide) groups is 1. The second-order valence-corrected chi connectivity index (χ2v) is 8.85.